The van der Waals surface area contributed by atoms with Gasteiger partial charge in [-0.25, -0.2) is 4.79 Å². The number of hydrogen-bond donors (Lipinski definition) is 4. The van der Waals surface area contributed by atoms with Crippen LogP contribution in [-0.4, -0.2) is 43.8 Å². The SMILES string of the molecule is COc1ccc(OC)c(NC(=O)C2=C(C)NC(=O)NC2c2ccc(OCCC(=O)O)cc2)c1. The van der Waals surface area contributed by atoms with Crippen molar-refractivity contribution in [2.75, 3.05) is 26.1 Å². The molecule has 0 fully saturated rings. The van der Waals surface area contributed by atoms with Crippen LogP contribution < -0.4 is 30.2 Å². The Kier molecular flexibility index (Phi) is 7.39. The lowest BCUT2D eigenvalue weighted by Gasteiger charge is -2.29. The van der Waals surface area contributed by atoms with Gasteiger partial charge in [0.2, 0.25) is 0 Å². The van der Waals surface area contributed by atoms with E-state index in [-0.39, 0.29) is 13.0 Å². The summed E-state index contributed by atoms with van der Waals surface area (Å²) in [4.78, 5) is 36.0. The molecule has 3 rings (SSSR count). The molecule has 1 aliphatic rings. The summed E-state index contributed by atoms with van der Waals surface area (Å²) < 4.78 is 16.0. The second-order valence-electron chi connectivity index (χ2n) is 7.15. The van der Waals surface area contributed by atoms with Crippen LogP contribution in [0.2, 0.25) is 0 Å². The molecule has 1 unspecified atom stereocenters. The minimum absolute atomic E-state index is 0.0355. The Morgan fingerprint density at radius 1 is 1.06 bits per heavy atom. The van der Waals surface area contributed by atoms with Crippen molar-refractivity contribution in [3.63, 3.8) is 0 Å². The number of benzene rings is 2. The van der Waals surface area contributed by atoms with E-state index in [1.807, 2.05) is 0 Å². The second-order valence-corrected chi connectivity index (χ2v) is 7.15. The zero-order chi connectivity index (χ0) is 24.0. The lowest BCUT2D eigenvalue weighted by Crippen LogP contribution is -2.45. The standard InChI is InChI=1S/C23H25N3O7/c1-13-20(22(29)25-17-12-16(31-2)8-9-18(17)32-3)21(26-23(30)24-13)14-4-6-15(7-5-14)33-11-10-19(27)28/h4-9,12,21H,10-11H2,1-3H3,(H,25,29)(H,27,28)(H2,24,26,30). The van der Waals surface area contributed by atoms with Crippen LogP contribution >= 0.6 is 0 Å². The van der Waals surface area contributed by atoms with Gasteiger partial charge in [0.1, 0.15) is 17.2 Å². The van der Waals surface area contributed by atoms with E-state index in [1.54, 1.807) is 49.4 Å². The van der Waals surface area contributed by atoms with Gasteiger partial charge in [-0.15, -0.1) is 0 Å². The van der Waals surface area contributed by atoms with Crippen LogP contribution in [0, 0.1) is 0 Å². The van der Waals surface area contributed by atoms with E-state index in [4.69, 9.17) is 19.3 Å². The second kappa shape index (κ2) is 10.4. The Bertz CT molecular complexity index is 1080. The molecule has 0 radical (unpaired) electrons. The largest absolute Gasteiger partial charge is 0.497 e. The van der Waals surface area contributed by atoms with Crippen molar-refractivity contribution in [1.82, 2.24) is 10.6 Å². The van der Waals surface area contributed by atoms with Crippen molar-refractivity contribution in [2.24, 2.45) is 0 Å². The Balaban J connectivity index is 1.85. The predicted octanol–water partition coefficient (Wildman–Crippen LogP) is 2.82. The number of ether oxygens (including phenoxy) is 3. The number of nitrogens with one attached hydrogen (secondary N) is 3. The number of urea groups is 1. The molecule has 4 N–H and O–H groups in total. The van der Waals surface area contributed by atoms with Crippen LogP contribution in [0.4, 0.5) is 10.5 Å². The predicted molar refractivity (Wildman–Crippen MR) is 119 cm³/mol. The normalized spacial score (nSPS) is 15.2. The highest BCUT2D eigenvalue weighted by atomic mass is 16.5. The van der Waals surface area contributed by atoms with Gasteiger partial charge in [-0.1, -0.05) is 12.1 Å². The van der Waals surface area contributed by atoms with Crippen molar-refractivity contribution < 1.29 is 33.7 Å². The highest BCUT2D eigenvalue weighted by Gasteiger charge is 2.31. The third kappa shape index (κ3) is 5.73. The number of allylic oxidation sites excluding steroid dienone is 1. The Morgan fingerprint density at radius 3 is 2.39 bits per heavy atom. The van der Waals surface area contributed by atoms with Gasteiger partial charge in [0.25, 0.3) is 5.91 Å². The lowest BCUT2D eigenvalue weighted by atomic mass is 9.94. The van der Waals surface area contributed by atoms with Gasteiger partial charge in [-0.05, 0) is 36.8 Å². The molecule has 0 aliphatic carbocycles. The van der Waals surface area contributed by atoms with Crippen LogP contribution in [0.5, 0.6) is 17.2 Å². The highest BCUT2D eigenvalue weighted by molar-refractivity contribution is 6.07. The van der Waals surface area contributed by atoms with Gasteiger partial charge >= 0.3 is 12.0 Å². The van der Waals surface area contributed by atoms with Crippen molar-refractivity contribution >= 4 is 23.6 Å². The Morgan fingerprint density at radius 2 is 1.76 bits per heavy atom. The Labute approximate surface area is 190 Å². The summed E-state index contributed by atoms with van der Waals surface area (Å²) in [5.74, 6) is 0.0934. The van der Waals surface area contributed by atoms with E-state index in [2.05, 4.69) is 16.0 Å². The highest BCUT2D eigenvalue weighted by Crippen LogP contribution is 2.32. The molecule has 0 aromatic heterocycles. The molecule has 1 atom stereocenters. The number of aliphatic carboxylic acids is 1. The number of carboxylic acids is 1. The number of carbonyl (C=O) groups is 3. The molecular formula is C23H25N3O7. The molecule has 1 heterocycles. The minimum Gasteiger partial charge on any atom is -0.497 e. The van der Waals surface area contributed by atoms with Crippen LogP contribution in [0.1, 0.15) is 24.9 Å². The molecule has 0 spiro atoms. The number of amides is 3. The summed E-state index contributed by atoms with van der Waals surface area (Å²) >= 11 is 0. The lowest BCUT2D eigenvalue weighted by molar-refractivity contribution is -0.137. The summed E-state index contributed by atoms with van der Waals surface area (Å²) in [5.41, 5.74) is 1.79. The maximum Gasteiger partial charge on any atom is 0.319 e. The average molecular weight is 455 g/mol. The van der Waals surface area contributed by atoms with Crippen LogP contribution in [0.15, 0.2) is 53.7 Å². The third-order valence-corrected chi connectivity index (χ3v) is 4.97. The van der Waals surface area contributed by atoms with Gasteiger partial charge in [0, 0.05) is 11.8 Å². The molecule has 174 valence electrons. The average Bonchev–Trinajstić information content (AvgIpc) is 2.78. The smallest absolute Gasteiger partial charge is 0.319 e. The van der Waals surface area contributed by atoms with Crippen molar-refractivity contribution in [3.05, 3.63) is 59.3 Å². The first-order valence-corrected chi connectivity index (χ1v) is 10.1. The number of hydrogen-bond acceptors (Lipinski definition) is 6. The number of carbonyl (C=O) groups excluding carboxylic acids is 2. The summed E-state index contributed by atoms with van der Waals surface area (Å²) in [6.07, 6.45) is -0.119. The zero-order valence-electron chi connectivity index (χ0n) is 18.4. The first-order valence-electron chi connectivity index (χ1n) is 10.1. The third-order valence-electron chi connectivity index (χ3n) is 4.97. The molecule has 0 bridgehead atoms. The van der Waals surface area contributed by atoms with Crippen LogP contribution in [0.25, 0.3) is 0 Å². The van der Waals surface area contributed by atoms with Gasteiger partial charge in [-0.2, -0.15) is 0 Å². The van der Waals surface area contributed by atoms with E-state index in [0.29, 0.717) is 39.8 Å². The number of anilines is 1. The first-order chi connectivity index (χ1) is 15.8. The van der Waals surface area contributed by atoms with E-state index in [9.17, 15) is 14.4 Å². The molecule has 2 aromatic rings. The maximum atomic E-state index is 13.3. The van der Waals surface area contributed by atoms with Crippen molar-refractivity contribution in [2.45, 2.75) is 19.4 Å². The molecule has 1 aliphatic heterocycles. The van der Waals surface area contributed by atoms with E-state index >= 15 is 0 Å². The van der Waals surface area contributed by atoms with Gasteiger partial charge in [-0.3, -0.25) is 9.59 Å². The van der Waals surface area contributed by atoms with Gasteiger partial charge in [0.15, 0.2) is 0 Å². The van der Waals surface area contributed by atoms with E-state index < -0.39 is 23.9 Å². The van der Waals surface area contributed by atoms with E-state index in [1.165, 1.54) is 14.2 Å². The monoisotopic (exact) mass is 455 g/mol. The fraction of sp³-hybridized carbons (Fsp3) is 0.261. The van der Waals surface area contributed by atoms with Crippen LogP contribution in [-0.2, 0) is 9.59 Å². The van der Waals surface area contributed by atoms with Crippen molar-refractivity contribution in [1.29, 1.82) is 0 Å². The molecule has 2 aromatic carbocycles. The molecule has 0 saturated heterocycles. The van der Waals surface area contributed by atoms with Gasteiger partial charge < -0.3 is 35.3 Å². The first kappa shape index (κ1) is 23.5. The topological polar surface area (TPSA) is 135 Å². The summed E-state index contributed by atoms with van der Waals surface area (Å²) in [6, 6.07) is 10.6. The fourth-order valence-corrected chi connectivity index (χ4v) is 3.36. The molecule has 33 heavy (non-hydrogen) atoms. The summed E-state index contributed by atoms with van der Waals surface area (Å²) in [6.45, 7) is 1.68. The Hall–Kier alpha value is -4.21. The molecular weight excluding hydrogens is 430 g/mol. The fourth-order valence-electron chi connectivity index (χ4n) is 3.36. The zero-order valence-corrected chi connectivity index (χ0v) is 18.4. The number of methoxy groups -OCH3 is 2. The van der Waals surface area contributed by atoms with Crippen LogP contribution in [0.3, 0.4) is 0 Å². The van der Waals surface area contributed by atoms with E-state index in [0.717, 1.165) is 0 Å². The number of rotatable bonds is 9. The quantitative estimate of drug-likeness (QED) is 0.457. The minimum atomic E-state index is -0.951. The summed E-state index contributed by atoms with van der Waals surface area (Å²) in [7, 11) is 3.01. The van der Waals surface area contributed by atoms with Gasteiger partial charge in [0.05, 0.1) is 44.5 Å². The molecule has 0 saturated carbocycles. The summed E-state index contributed by atoms with van der Waals surface area (Å²) in [5, 5.41) is 16.9. The van der Waals surface area contributed by atoms with Crippen molar-refractivity contribution in [3.8, 4) is 17.2 Å². The molecule has 10 heteroatoms. The molecule has 3 amide bonds. The molecule has 10 nitrogen and oxygen atoms in total. The maximum absolute atomic E-state index is 13.3. The number of carboxylic acid groups (broad SMARTS) is 1.